The van der Waals surface area contributed by atoms with Crippen LogP contribution >= 0.6 is 0 Å². The number of aryl methyl sites for hydroxylation is 1. The highest BCUT2D eigenvalue weighted by atomic mass is 16.2. The van der Waals surface area contributed by atoms with Gasteiger partial charge in [-0.1, -0.05) is 30.3 Å². The topological polar surface area (TPSA) is 58.4 Å². The molecular weight excluding hydrogens is 340 g/mol. The minimum atomic E-state index is -0.106. The Bertz CT molecular complexity index is 877. The Hall–Kier alpha value is -2.47. The molecule has 1 atom stereocenters. The van der Waals surface area contributed by atoms with E-state index in [4.69, 9.17) is 0 Å². The number of carbonyl (C=O) groups excluding carboxylic acids is 1. The molecule has 27 heavy (non-hydrogen) atoms. The molecule has 1 fully saturated rings. The molecule has 142 valence electrons. The number of fused-ring (bicyclic) bond motifs is 1. The maximum absolute atomic E-state index is 13.1. The van der Waals surface area contributed by atoms with E-state index in [-0.39, 0.29) is 17.5 Å². The van der Waals surface area contributed by atoms with Gasteiger partial charge in [-0.15, -0.1) is 0 Å². The van der Waals surface area contributed by atoms with Crippen molar-refractivity contribution < 1.29 is 4.79 Å². The Morgan fingerprint density at radius 3 is 2.74 bits per heavy atom. The zero-order chi connectivity index (χ0) is 18.8. The third kappa shape index (κ3) is 3.54. The SMILES string of the molecule is CCn1cnc2c(c1=O)CCN(C1CCCN(Cc3ccccc3)C1=O)C2. The van der Waals surface area contributed by atoms with E-state index in [0.29, 0.717) is 26.1 Å². The number of amides is 1. The zero-order valence-corrected chi connectivity index (χ0v) is 15.8. The molecule has 0 radical (unpaired) electrons. The summed E-state index contributed by atoms with van der Waals surface area (Å²) in [5.74, 6) is 0.204. The number of carbonyl (C=O) groups is 1. The molecule has 2 aliphatic heterocycles. The summed E-state index contributed by atoms with van der Waals surface area (Å²) in [5.41, 5.74) is 2.89. The Morgan fingerprint density at radius 2 is 1.96 bits per heavy atom. The number of aromatic nitrogens is 2. The van der Waals surface area contributed by atoms with Gasteiger partial charge in [0.15, 0.2) is 0 Å². The molecule has 0 saturated carbocycles. The van der Waals surface area contributed by atoms with Crippen LogP contribution in [-0.2, 0) is 30.8 Å². The highest BCUT2D eigenvalue weighted by Gasteiger charge is 2.35. The van der Waals surface area contributed by atoms with Crippen LogP contribution < -0.4 is 5.56 Å². The molecule has 0 N–H and O–H groups in total. The Morgan fingerprint density at radius 1 is 1.15 bits per heavy atom. The number of likely N-dealkylation sites (tertiary alicyclic amines) is 1. The van der Waals surface area contributed by atoms with Crippen LogP contribution in [-0.4, -0.2) is 44.4 Å². The quantitative estimate of drug-likeness (QED) is 0.828. The Labute approximate surface area is 159 Å². The van der Waals surface area contributed by atoms with Gasteiger partial charge in [0.2, 0.25) is 5.91 Å². The molecule has 6 heteroatoms. The number of hydrogen-bond acceptors (Lipinski definition) is 4. The standard InChI is InChI=1S/C21H26N4O2/c1-2-23-15-22-18-14-24(12-10-17(18)20(23)26)19-9-6-11-25(21(19)27)13-16-7-4-3-5-8-16/h3-5,7-8,15,19H,2,6,9-14H2,1H3. The average Bonchev–Trinajstić information content (AvgIpc) is 2.70. The summed E-state index contributed by atoms with van der Waals surface area (Å²) in [6.45, 7) is 5.40. The summed E-state index contributed by atoms with van der Waals surface area (Å²) in [6, 6.07) is 10.0. The van der Waals surface area contributed by atoms with Crippen molar-refractivity contribution in [3.63, 3.8) is 0 Å². The predicted molar refractivity (Wildman–Crippen MR) is 103 cm³/mol. The second-order valence-electron chi connectivity index (χ2n) is 7.38. The molecule has 1 aromatic carbocycles. The van der Waals surface area contributed by atoms with Crippen molar-refractivity contribution in [2.75, 3.05) is 13.1 Å². The van der Waals surface area contributed by atoms with Crippen molar-refractivity contribution >= 4 is 5.91 Å². The fourth-order valence-corrected chi connectivity index (χ4v) is 4.19. The van der Waals surface area contributed by atoms with E-state index in [1.165, 1.54) is 0 Å². The van der Waals surface area contributed by atoms with E-state index in [9.17, 15) is 9.59 Å². The monoisotopic (exact) mass is 366 g/mol. The van der Waals surface area contributed by atoms with Crippen molar-refractivity contribution in [1.29, 1.82) is 0 Å². The van der Waals surface area contributed by atoms with Crippen molar-refractivity contribution in [2.24, 2.45) is 0 Å². The third-order valence-corrected chi connectivity index (χ3v) is 5.72. The molecule has 1 aromatic heterocycles. The van der Waals surface area contributed by atoms with Gasteiger partial charge in [-0.3, -0.25) is 19.1 Å². The second kappa shape index (κ2) is 7.64. The van der Waals surface area contributed by atoms with Gasteiger partial charge >= 0.3 is 0 Å². The van der Waals surface area contributed by atoms with Crippen LogP contribution in [0.4, 0.5) is 0 Å². The van der Waals surface area contributed by atoms with Crippen LogP contribution in [0, 0.1) is 0 Å². The molecule has 0 bridgehead atoms. The highest BCUT2D eigenvalue weighted by Crippen LogP contribution is 2.24. The number of piperidine rings is 1. The Balaban J connectivity index is 1.49. The molecule has 6 nitrogen and oxygen atoms in total. The smallest absolute Gasteiger partial charge is 0.256 e. The third-order valence-electron chi connectivity index (χ3n) is 5.72. The van der Waals surface area contributed by atoms with E-state index in [0.717, 1.165) is 42.8 Å². The van der Waals surface area contributed by atoms with E-state index < -0.39 is 0 Å². The number of rotatable bonds is 4. The minimum Gasteiger partial charge on any atom is -0.337 e. The van der Waals surface area contributed by atoms with Crippen molar-refractivity contribution in [3.8, 4) is 0 Å². The second-order valence-corrected chi connectivity index (χ2v) is 7.38. The summed E-state index contributed by atoms with van der Waals surface area (Å²) in [4.78, 5) is 34.3. The molecule has 0 aliphatic carbocycles. The van der Waals surface area contributed by atoms with Crippen LogP contribution in [0.15, 0.2) is 41.5 Å². The number of nitrogens with zero attached hydrogens (tertiary/aromatic N) is 4. The van der Waals surface area contributed by atoms with Crippen LogP contribution in [0.2, 0.25) is 0 Å². The normalized spacial score (nSPS) is 20.6. The molecule has 2 aromatic rings. The van der Waals surface area contributed by atoms with Crippen molar-refractivity contribution in [3.05, 3.63) is 63.8 Å². The molecule has 1 amide bonds. The zero-order valence-electron chi connectivity index (χ0n) is 15.8. The molecule has 3 heterocycles. The van der Waals surface area contributed by atoms with E-state index in [1.54, 1.807) is 10.9 Å². The van der Waals surface area contributed by atoms with Gasteiger partial charge < -0.3 is 4.90 Å². The minimum absolute atomic E-state index is 0.0721. The summed E-state index contributed by atoms with van der Waals surface area (Å²) >= 11 is 0. The molecule has 2 aliphatic rings. The average molecular weight is 366 g/mol. The lowest BCUT2D eigenvalue weighted by Gasteiger charge is -2.40. The first-order valence-corrected chi connectivity index (χ1v) is 9.81. The summed E-state index contributed by atoms with van der Waals surface area (Å²) in [7, 11) is 0. The van der Waals surface area contributed by atoms with Gasteiger partial charge in [0.25, 0.3) is 5.56 Å². The first-order valence-electron chi connectivity index (χ1n) is 9.81. The van der Waals surface area contributed by atoms with Crippen LogP contribution in [0.25, 0.3) is 0 Å². The first-order chi connectivity index (χ1) is 13.2. The lowest BCUT2D eigenvalue weighted by molar-refractivity contribution is -0.141. The highest BCUT2D eigenvalue weighted by molar-refractivity contribution is 5.82. The van der Waals surface area contributed by atoms with Crippen molar-refractivity contribution in [2.45, 2.75) is 51.9 Å². The lowest BCUT2D eigenvalue weighted by atomic mass is 9.98. The van der Waals surface area contributed by atoms with E-state index in [2.05, 4.69) is 22.0 Å². The van der Waals surface area contributed by atoms with Gasteiger partial charge in [-0.2, -0.15) is 0 Å². The summed E-state index contributed by atoms with van der Waals surface area (Å²) in [5, 5.41) is 0. The van der Waals surface area contributed by atoms with Gasteiger partial charge in [-0.05, 0) is 31.7 Å². The molecule has 4 rings (SSSR count). The largest absolute Gasteiger partial charge is 0.337 e. The van der Waals surface area contributed by atoms with E-state index in [1.807, 2.05) is 30.0 Å². The molecule has 1 unspecified atom stereocenters. The number of hydrogen-bond donors (Lipinski definition) is 0. The maximum atomic E-state index is 13.1. The van der Waals surface area contributed by atoms with Crippen molar-refractivity contribution in [1.82, 2.24) is 19.4 Å². The fraction of sp³-hybridized carbons (Fsp3) is 0.476. The Kier molecular flexibility index (Phi) is 5.07. The number of benzene rings is 1. The predicted octanol–water partition coefficient (Wildman–Crippen LogP) is 1.81. The summed E-state index contributed by atoms with van der Waals surface area (Å²) < 4.78 is 1.65. The van der Waals surface area contributed by atoms with E-state index >= 15 is 0 Å². The van der Waals surface area contributed by atoms with Gasteiger partial charge in [0.1, 0.15) is 0 Å². The van der Waals surface area contributed by atoms with Gasteiger partial charge in [-0.25, -0.2) is 4.98 Å². The fourth-order valence-electron chi connectivity index (χ4n) is 4.19. The molecular formula is C21H26N4O2. The molecule has 1 saturated heterocycles. The van der Waals surface area contributed by atoms with Crippen LogP contribution in [0.5, 0.6) is 0 Å². The van der Waals surface area contributed by atoms with Crippen LogP contribution in [0.1, 0.15) is 36.6 Å². The molecule has 0 spiro atoms. The van der Waals surface area contributed by atoms with Gasteiger partial charge in [0.05, 0.1) is 18.1 Å². The first kappa shape index (κ1) is 17.9. The van der Waals surface area contributed by atoms with Crippen LogP contribution in [0.3, 0.4) is 0 Å². The lowest BCUT2D eigenvalue weighted by Crippen LogP contribution is -2.53. The maximum Gasteiger partial charge on any atom is 0.256 e. The summed E-state index contributed by atoms with van der Waals surface area (Å²) in [6.07, 6.45) is 4.20. The van der Waals surface area contributed by atoms with Gasteiger partial charge in [0, 0.05) is 38.3 Å².